The molecular weight excluding hydrogens is 376 g/mol. The topological polar surface area (TPSA) is 91.4 Å². The molecule has 1 aromatic heterocycles. The predicted octanol–water partition coefficient (Wildman–Crippen LogP) is 3.61. The predicted molar refractivity (Wildman–Crippen MR) is 111 cm³/mol. The van der Waals surface area contributed by atoms with Crippen molar-refractivity contribution in [2.24, 2.45) is 0 Å². The molecule has 0 radical (unpaired) electrons. The van der Waals surface area contributed by atoms with Crippen LogP contribution in [0, 0.1) is 0 Å². The summed E-state index contributed by atoms with van der Waals surface area (Å²) in [6.45, 7) is 1.40. The second-order valence-corrected chi connectivity index (χ2v) is 8.80. The fourth-order valence-electron chi connectivity index (χ4n) is 3.45. The molecule has 28 heavy (non-hydrogen) atoms. The molecule has 0 saturated heterocycles. The summed E-state index contributed by atoms with van der Waals surface area (Å²) in [5.41, 5.74) is 0.954. The van der Waals surface area contributed by atoms with Crippen LogP contribution in [0.5, 0.6) is 0 Å². The van der Waals surface area contributed by atoms with Crippen LogP contribution in [0.1, 0.15) is 39.0 Å². The van der Waals surface area contributed by atoms with Crippen molar-refractivity contribution in [1.82, 2.24) is 4.98 Å². The van der Waals surface area contributed by atoms with Crippen LogP contribution in [-0.2, 0) is 14.8 Å². The van der Waals surface area contributed by atoms with E-state index >= 15 is 0 Å². The summed E-state index contributed by atoms with van der Waals surface area (Å²) >= 11 is 0. The number of benzene rings is 1. The Morgan fingerprint density at radius 2 is 1.68 bits per heavy atom. The van der Waals surface area contributed by atoms with Gasteiger partial charge >= 0.3 is 0 Å². The van der Waals surface area contributed by atoms with Crippen LogP contribution in [0.2, 0.25) is 0 Å². The summed E-state index contributed by atoms with van der Waals surface area (Å²) in [6.07, 6.45) is 7.66. The second kappa shape index (κ2) is 8.60. The van der Waals surface area contributed by atoms with Crippen molar-refractivity contribution in [2.45, 2.75) is 50.0 Å². The maximum atomic E-state index is 12.6. The van der Waals surface area contributed by atoms with Gasteiger partial charge in [0.1, 0.15) is 5.82 Å². The summed E-state index contributed by atoms with van der Waals surface area (Å²) < 4.78 is 27.7. The number of hydrogen-bond acceptors (Lipinski definition) is 5. The van der Waals surface area contributed by atoms with Crippen LogP contribution in [-0.4, -0.2) is 32.4 Å². The summed E-state index contributed by atoms with van der Waals surface area (Å²) in [7, 11) is -1.69. The number of nitrogens with zero attached hydrogens (tertiary/aromatic N) is 2. The van der Waals surface area contributed by atoms with E-state index in [4.69, 9.17) is 0 Å². The number of amides is 1. The van der Waals surface area contributed by atoms with Gasteiger partial charge in [0.25, 0.3) is 10.0 Å². The number of sulfonamides is 1. The van der Waals surface area contributed by atoms with Crippen molar-refractivity contribution in [2.75, 3.05) is 22.0 Å². The highest BCUT2D eigenvalue weighted by atomic mass is 32.2. The molecule has 7 nitrogen and oxygen atoms in total. The molecule has 150 valence electrons. The first kappa shape index (κ1) is 20.1. The highest BCUT2D eigenvalue weighted by Gasteiger charge is 2.19. The number of hydrogen-bond donors (Lipinski definition) is 2. The normalized spacial score (nSPS) is 15.1. The molecule has 1 heterocycles. The highest BCUT2D eigenvalue weighted by Crippen LogP contribution is 2.26. The van der Waals surface area contributed by atoms with Crippen molar-refractivity contribution in [3.8, 4) is 0 Å². The van der Waals surface area contributed by atoms with E-state index in [2.05, 4.69) is 19.9 Å². The summed E-state index contributed by atoms with van der Waals surface area (Å²) in [5.74, 6) is 0.632. The summed E-state index contributed by atoms with van der Waals surface area (Å²) in [4.78, 5) is 17.8. The van der Waals surface area contributed by atoms with E-state index in [1.165, 1.54) is 57.4 Å². The Balaban J connectivity index is 1.67. The van der Waals surface area contributed by atoms with E-state index in [1.807, 2.05) is 13.1 Å². The molecule has 2 aromatic rings. The zero-order valence-electron chi connectivity index (χ0n) is 16.2. The van der Waals surface area contributed by atoms with Crippen LogP contribution >= 0.6 is 0 Å². The van der Waals surface area contributed by atoms with Gasteiger partial charge in [-0.15, -0.1) is 0 Å². The summed E-state index contributed by atoms with van der Waals surface area (Å²) in [5, 5.41) is 2.61. The minimum absolute atomic E-state index is 0.116. The third-order valence-corrected chi connectivity index (χ3v) is 6.37. The highest BCUT2D eigenvalue weighted by molar-refractivity contribution is 7.92. The molecule has 1 amide bonds. The van der Waals surface area contributed by atoms with Crippen LogP contribution in [0.4, 0.5) is 17.2 Å². The van der Waals surface area contributed by atoms with Crippen LogP contribution in [0.3, 0.4) is 0 Å². The number of carbonyl (C=O) groups is 1. The maximum Gasteiger partial charge on any atom is 0.261 e. The summed E-state index contributed by atoms with van der Waals surface area (Å²) in [6, 6.07) is 10.1. The number of anilines is 3. The van der Waals surface area contributed by atoms with Crippen molar-refractivity contribution < 1.29 is 13.2 Å². The van der Waals surface area contributed by atoms with E-state index in [0.29, 0.717) is 17.4 Å². The lowest BCUT2D eigenvalue weighted by Crippen LogP contribution is -2.33. The minimum Gasteiger partial charge on any atom is -0.357 e. The molecule has 0 bridgehead atoms. The van der Waals surface area contributed by atoms with Gasteiger partial charge in [0.2, 0.25) is 5.91 Å². The van der Waals surface area contributed by atoms with Gasteiger partial charge in [-0.2, -0.15) is 0 Å². The lowest BCUT2D eigenvalue weighted by Gasteiger charge is -2.32. The SMILES string of the molecule is CC(=O)Nc1ccc(S(=O)(=O)Nc2ccc(N(C)C3CCCCC3)nc2)cc1. The van der Waals surface area contributed by atoms with Crippen LogP contribution < -0.4 is 14.9 Å². The number of nitrogens with one attached hydrogen (secondary N) is 2. The third kappa shape index (κ3) is 5.01. The molecule has 1 aromatic carbocycles. The van der Waals surface area contributed by atoms with Gasteiger partial charge in [0, 0.05) is 25.7 Å². The fraction of sp³-hybridized carbons (Fsp3) is 0.400. The Labute approximate surface area is 166 Å². The quantitative estimate of drug-likeness (QED) is 0.770. The first-order chi connectivity index (χ1) is 13.3. The van der Waals surface area contributed by atoms with Crippen molar-refractivity contribution >= 4 is 33.1 Å². The molecule has 0 unspecified atom stereocenters. The number of aromatic nitrogens is 1. The molecule has 1 aliphatic rings. The lowest BCUT2D eigenvalue weighted by molar-refractivity contribution is -0.114. The second-order valence-electron chi connectivity index (χ2n) is 7.12. The molecule has 3 rings (SSSR count). The first-order valence-corrected chi connectivity index (χ1v) is 10.9. The minimum atomic E-state index is -3.73. The molecule has 0 aliphatic heterocycles. The van der Waals surface area contributed by atoms with Crippen molar-refractivity contribution in [3.05, 3.63) is 42.6 Å². The van der Waals surface area contributed by atoms with Gasteiger partial charge in [-0.05, 0) is 49.2 Å². The molecular formula is C20H26N4O3S. The molecule has 1 fully saturated rings. The smallest absolute Gasteiger partial charge is 0.261 e. The number of carbonyl (C=O) groups excluding carboxylic acids is 1. The Hall–Kier alpha value is -2.61. The largest absolute Gasteiger partial charge is 0.357 e. The molecule has 2 N–H and O–H groups in total. The third-order valence-electron chi connectivity index (χ3n) is 4.97. The van der Waals surface area contributed by atoms with Gasteiger partial charge in [0.05, 0.1) is 16.8 Å². The number of pyridine rings is 1. The fourth-order valence-corrected chi connectivity index (χ4v) is 4.49. The Bertz CT molecular complexity index is 905. The van der Waals surface area contributed by atoms with E-state index in [-0.39, 0.29) is 10.8 Å². The van der Waals surface area contributed by atoms with Crippen LogP contribution in [0.25, 0.3) is 0 Å². The molecule has 1 saturated carbocycles. The molecule has 1 aliphatic carbocycles. The lowest BCUT2D eigenvalue weighted by atomic mass is 9.94. The van der Waals surface area contributed by atoms with E-state index in [1.54, 1.807) is 18.2 Å². The van der Waals surface area contributed by atoms with E-state index in [9.17, 15) is 13.2 Å². The zero-order valence-corrected chi connectivity index (χ0v) is 17.0. The Kier molecular flexibility index (Phi) is 6.18. The Morgan fingerprint density at radius 1 is 1.04 bits per heavy atom. The van der Waals surface area contributed by atoms with Gasteiger partial charge in [-0.1, -0.05) is 19.3 Å². The monoisotopic (exact) mass is 402 g/mol. The van der Waals surface area contributed by atoms with Gasteiger partial charge in [0.15, 0.2) is 0 Å². The van der Waals surface area contributed by atoms with E-state index in [0.717, 1.165) is 5.82 Å². The number of rotatable bonds is 6. The Morgan fingerprint density at radius 3 is 2.25 bits per heavy atom. The average molecular weight is 403 g/mol. The van der Waals surface area contributed by atoms with Crippen molar-refractivity contribution in [1.29, 1.82) is 0 Å². The first-order valence-electron chi connectivity index (χ1n) is 9.44. The van der Waals surface area contributed by atoms with E-state index < -0.39 is 10.0 Å². The van der Waals surface area contributed by atoms with Crippen LogP contribution in [0.15, 0.2) is 47.5 Å². The standard InChI is InChI=1S/C20H26N4O3S/c1-15(25)22-16-8-11-19(12-9-16)28(26,27)23-17-10-13-20(21-14-17)24(2)18-6-4-3-5-7-18/h8-14,18,23H,3-7H2,1-2H3,(H,22,25). The van der Waals surface area contributed by atoms with Gasteiger partial charge < -0.3 is 10.2 Å². The maximum absolute atomic E-state index is 12.6. The zero-order chi connectivity index (χ0) is 20.1. The molecule has 0 atom stereocenters. The molecule has 8 heteroatoms. The average Bonchev–Trinajstić information content (AvgIpc) is 2.68. The van der Waals surface area contributed by atoms with Gasteiger partial charge in [-0.3, -0.25) is 9.52 Å². The van der Waals surface area contributed by atoms with Crippen molar-refractivity contribution in [3.63, 3.8) is 0 Å². The molecule has 0 spiro atoms. The van der Waals surface area contributed by atoms with Gasteiger partial charge in [-0.25, -0.2) is 13.4 Å².